The van der Waals surface area contributed by atoms with E-state index in [0.717, 1.165) is 15.8 Å². The van der Waals surface area contributed by atoms with Crippen molar-refractivity contribution in [2.24, 2.45) is 5.92 Å². The second kappa shape index (κ2) is 4.13. The Morgan fingerprint density at radius 3 is 3.00 bits per heavy atom. The first-order valence-corrected chi connectivity index (χ1v) is 6.26. The summed E-state index contributed by atoms with van der Waals surface area (Å²) in [4.78, 5) is 12.8. The molecular weight excluding hydrogens is 264 g/mol. The summed E-state index contributed by atoms with van der Waals surface area (Å²) in [5, 5.41) is 1.91. The van der Waals surface area contributed by atoms with Crippen molar-refractivity contribution < 1.29 is 9.53 Å². The van der Waals surface area contributed by atoms with Crippen molar-refractivity contribution >= 4 is 33.0 Å². The molecule has 0 radical (unpaired) electrons. The second-order valence-electron chi connectivity index (χ2n) is 3.52. The minimum atomic E-state index is -0.232. The number of Topliss-reactive ketones (excluding diaryl/α,β-unsaturated/α-hetero) is 1. The van der Waals surface area contributed by atoms with E-state index in [1.54, 1.807) is 0 Å². The van der Waals surface area contributed by atoms with E-state index in [-0.39, 0.29) is 11.9 Å². The number of carbonyl (C=O) groups is 1. The number of carbonyl (C=O) groups excluding carboxylic acids is 1. The van der Waals surface area contributed by atoms with E-state index in [0.29, 0.717) is 12.5 Å². The molecule has 1 saturated heterocycles. The number of halogens is 1. The van der Waals surface area contributed by atoms with Crippen LogP contribution in [0.15, 0.2) is 15.9 Å². The van der Waals surface area contributed by atoms with Crippen molar-refractivity contribution in [3.8, 4) is 0 Å². The lowest BCUT2D eigenvalue weighted by atomic mass is 10.00. The van der Waals surface area contributed by atoms with Crippen molar-refractivity contribution in [1.29, 1.82) is 0 Å². The standard InChI is InChI=1S/C10H11BrO2S/c1-6-2-4-13-9(6)8(12)10-7(11)3-5-14-10/h3,5-6,9H,2,4H2,1H3. The number of ketones is 1. The lowest BCUT2D eigenvalue weighted by Gasteiger charge is -2.11. The Labute approximate surface area is 95.4 Å². The van der Waals surface area contributed by atoms with Crippen LogP contribution in [0.4, 0.5) is 0 Å². The van der Waals surface area contributed by atoms with E-state index in [4.69, 9.17) is 4.74 Å². The first-order valence-electron chi connectivity index (χ1n) is 4.59. The molecule has 0 aromatic carbocycles. The Balaban J connectivity index is 2.20. The molecule has 76 valence electrons. The van der Waals surface area contributed by atoms with Gasteiger partial charge in [0.2, 0.25) is 5.78 Å². The highest BCUT2D eigenvalue weighted by Crippen LogP contribution is 2.29. The SMILES string of the molecule is CC1CCOC1C(=O)c1sccc1Br. The molecule has 2 unspecified atom stereocenters. The van der Waals surface area contributed by atoms with Gasteiger partial charge in [0.15, 0.2) is 0 Å². The van der Waals surface area contributed by atoms with Crippen LogP contribution >= 0.6 is 27.3 Å². The van der Waals surface area contributed by atoms with E-state index < -0.39 is 0 Å². The molecule has 2 atom stereocenters. The van der Waals surface area contributed by atoms with Crippen LogP contribution < -0.4 is 0 Å². The largest absolute Gasteiger partial charge is 0.370 e. The molecule has 0 spiro atoms. The molecule has 2 heterocycles. The van der Waals surface area contributed by atoms with Crippen LogP contribution in [-0.4, -0.2) is 18.5 Å². The zero-order chi connectivity index (χ0) is 10.1. The average molecular weight is 275 g/mol. The Bertz CT molecular complexity index is 348. The maximum absolute atomic E-state index is 12.0. The summed E-state index contributed by atoms with van der Waals surface area (Å²) in [5.41, 5.74) is 0. The fourth-order valence-electron chi connectivity index (χ4n) is 1.63. The molecule has 1 aliphatic heterocycles. The average Bonchev–Trinajstić information content (AvgIpc) is 2.73. The zero-order valence-electron chi connectivity index (χ0n) is 7.83. The molecule has 0 aliphatic carbocycles. The van der Waals surface area contributed by atoms with Crippen LogP contribution in [0.3, 0.4) is 0 Å². The Hall–Kier alpha value is -0.190. The predicted molar refractivity (Wildman–Crippen MR) is 59.9 cm³/mol. The van der Waals surface area contributed by atoms with E-state index in [1.807, 2.05) is 11.4 Å². The van der Waals surface area contributed by atoms with Crippen molar-refractivity contribution in [2.75, 3.05) is 6.61 Å². The predicted octanol–water partition coefficient (Wildman–Crippen LogP) is 3.12. The molecule has 1 fully saturated rings. The first kappa shape index (κ1) is 10.3. The van der Waals surface area contributed by atoms with Crippen LogP contribution in [-0.2, 0) is 4.74 Å². The fraction of sp³-hybridized carbons (Fsp3) is 0.500. The smallest absolute Gasteiger partial charge is 0.202 e. The molecule has 1 aromatic rings. The third-order valence-electron chi connectivity index (χ3n) is 2.49. The monoisotopic (exact) mass is 274 g/mol. The van der Waals surface area contributed by atoms with Crippen molar-refractivity contribution in [2.45, 2.75) is 19.4 Å². The number of ether oxygens (including phenoxy) is 1. The van der Waals surface area contributed by atoms with Gasteiger partial charge >= 0.3 is 0 Å². The molecule has 2 nitrogen and oxygen atoms in total. The maximum Gasteiger partial charge on any atom is 0.202 e. The molecule has 0 amide bonds. The molecule has 14 heavy (non-hydrogen) atoms. The first-order chi connectivity index (χ1) is 6.70. The summed E-state index contributed by atoms with van der Waals surface area (Å²) in [6.45, 7) is 2.78. The molecule has 1 aromatic heterocycles. The molecule has 4 heteroatoms. The van der Waals surface area contributed by atoms with E-state index in [9.17, 15) is 4.79 Å². The van der Waals surface area contributed by atoms with Gasteiger partial charge in [0.25, 0.3) is 0 Å². The van der Waals surface area contributed by atoms with Gasteiger partial charge in [0, 0.05) is 11.1 Å². The van der Waals surface area contributed by atoms with E-state index >= 15 is 0 Å². The molecule has 2 rings (SSSR count). The van der Waals surface area contributed by atoms with Crippen LogP contribution in [0.25, 0.3) is 0 Å². The highest BCUT2D eigenvalue weighted by atomic mass is 79.9. The van der Waals surface area contributed by atoms with E-state index in [1.165, 1.54) is 11.3 Å². The third-order valence-corrected chi connectivity index (χ3v) is 4.34. The van der Waals surface area contributed by atoms with Crippen LogP contribution in [0, 0.1) is 5.92 Å². The number of hydrogen-bond donors (Lipinski definition) is 0. The van der Waals surface area contributed by atoms with Gasteiger partial charge in [0.05, 0.1) is 4.88 Å². The van der Waals surface area contributed by atoms with Gasteiger partial charge in [-0.25, -0.2) is 0 Å². The summed E-state index contributed by atoms with van der Waals surface area (Å²) in [5.74, 6) is 0.466. The minimum absolute atomic E-state index is 0.122. The van der Waals surface area contributed by atoms with Gasteiger partial charge in [-0.3, -0.25) is 4.79 Å². The maximum atomic E-state index is 12.0. The number of rotatable bonds is 2. The third kappa shape index (κ3) is 1.78. The van der Waals surface area contributed by atoms with Crippen LogP contribution in [0.1, 0.15) is 23.0 Å². The number of thiophene rings is 1. The van der Waals surface area contributed by atoms with Gasteiger partial charge in [-0.2, -0.15) is 0 Å². The van der Waals surface area contributed by atoms with Crippen molar-refractivity contribution in [3.63, 3.8) is 0 Å². The van der Waals surface area contributed by atoms with Gasteiger partial charge < -0.3 is 4.74 Å². The van der Waals surface area contributed by atoms with Gasteiger partial charge in [-0.1, -0.05) is 6.92 Å². The van der Waals surface area contributed by atoms with Crippen molar-refractivity contribution in [3.05, 3.63) is 20.8 Å². The molecule has 1 aliphatic rings. The highest BCUT2D eigenvalue weighted by molar-refractivity contribution is 9.10. The summed E-state index contributed by atoms with van der Waals surface area (Å²) in [6, 6.07) is 1.90. The van der Waals surface area contributed by atoms with Crippen molar-refractivity contribution in [1.82, 2.24) is 0 Å². The van der Waals surface area contributed by atoms with Gasteiger partial charge in [-0.15, -0.1) is 11.3 Å². The molecular formula is C10H11BrO2S. The minimum Gasteiger partial charge on any atom is -0.370 e. The zero-order valence-corrected chi connectivity index (χ0v) is 10.2. The van der Waals surface area contributed by atoms with Crippen LogP contribution in [0.2, 0.25) is 0 Å². The summed E-state index contributed by atoms with van der Waals surface area (Å²) in [7, 11) is 0. The van der Waals surface area contributed by atoms with Gasteiger partial charge in [0.1, 0.15) is 6.10 Å². The summed E-state index contributed by atoms with van der Waals surface area (Å²) in [6.07, 6.45) is 0.754. The summed E-state index contributed by atoms with van der Waals surface area (Å²) >= 11 is 4.84. The van der Waals surface area contributed by atoms with Crippen LogP contribution in [0.5, 0.6) is 0 Å². The number of hydrogen-bond acceptors (Lipinski definition) is 3. The van der Waals surface area contributed by atoms with E-state index in [2.05, 4.69) is 22.9 Å². The fourth-order valence-corrected chi connectivity index (χ4v) is 3.17. The summed E-state index contributed by atoms with van der Waals surface area (Å²) < 4.78 is 6.33. The topological polar surface area (TPSA) is 26.3 Å². The lowest BCUT2D eigenvalue weighted by Crippen LogP contribution is -2.24. The molecule has 0 N–H and O–H groups in total. The molecule has 0 saturated carbocycles. The normalized spacial score (nSPS) is 26.7. The Morgan fingerprint density at radius 2 is 2.50 bits per heavy atom. The quantitative estimate of drug-likeness (QED) is 0.775. The highest BCUT2D eigenvalue weighted by Gasteiger charge is 2.32. The lowest BCUT2D eigenvalue weighted by molar-refractivity contribution is 0.0583. The Morgan fingerprint density at radius 1 is 1.71 bits per heavy atom. The Kier molecular flexibility index (Phi) is 3.04. The second-order valence-corrected chi connectivity index (χ2v) is 5.29. The molecule has 0 bridgehead atoms. The van der Waals surface area contributed by atoms with Gasteiger partial charge in [-0.05, 0) is 39.7 Å².